The van der Waals surface area contributed by atoms with E-state index in [0.717, 1.165) is 30.8 Å². The molecule has 6 heteroatoms. The Bertz CT molecular complexity index is 694. The summed E-state index contributed by atoms with van der Waals surface area (Å²) in [5, 5.41) is 6.04. The van der Waals surface area contributed by atoms with Gasteiger partial charge in [-0.25, -0.2) is 0 Å². The van der Waals surface area contributed by atoms with Crippen LogP contribution in [-0.4, -0.2) is 26.0 Å². The number of para-hydroxylation sites is 2. The Kier molecular flexibility index (Phi) is 8.76. The lowest BCUT2D eigenvalue weighted by atomic mass is 10.1. The molecule has 0 saturated heterocycles. The molecule has 0 aromatic heterocycles. The average molecular weight is 382 g/mol. The van der Waals surface area contributed by atoms with Gasteiger partial charge in [0.2, 0.25) is 5.91 Å². The number of carbonyl (C=O) groups is 1. The van der Waals surface area contributed by atoms with Crippen LogP contribution in [-0.2, 0) is 17.8 Å². The van der Waals surface area contributed by atoms with Crippen LogP contribution in [0.1, 0.15) is 17.5 Å². The summed E-state index contributed by atoms with van der Waals surface area (Å²) in [6, 6.07) is 16.6. The zero-order chi connectivity index (χ0) is 16.1. The fourth-order valence-electron chi connectivity index (χ4n) is 3.01. The van der Waals surface area contributed by atoms with E-state index in [2.05, 4.69) is 45.9 Å². The number of nitrogens with zero attached hydrogens (tertiary/aromatic N) is 1. The van der Waals surface area contributed by atoms with Gasteiger partial charge in [0.15, 0.2) is 0 Å². The van der Waals surface area contributed by atoms with Gasteiger partial charge < -0.3 is 15.5 Å². The molecule has 0 fully saturated rings. The maximum absolute atomic E-state index is 12.0. The van der Waals surface area contributed by atoms with Gasteiger partial charge in [-0.2, -0.15) is 0 Å². The molecule has 136 valence electrons. The molecule has 0 bridgehead atoms. The molecule has 0 unspecified atom stereocenters. The van der Waals surface area contributed by atoms with Gasteiger partial charge >= 0.3 is 0 Å². The molecule has 3 rings (SSSR count). The van der Waals surface area contributed by atoms with Crippen LogP contribution in [0.3, 0.4) is 0 Å². The summed E-state index contributed by atoms with van der Waals surface area (Å²) in [5.74, 6) is 0.0497. The average Bonchev–Trinajstić information content (AvgIpc) is 2.98. The summed E-state index contributed by atoms with van der Waals surface area (Å²) >= 11 is 0. The summed E-state index contributed by atoms with van der Waals surface area (Å²) in [6.45, 7) is 2.54. The Hall–Kier alpha value is -1.75. The van der Waals surface area contributed by atoms with Crippen LogP contribution in [0.5, 0.6) is 0 Å². The molecule has 0 atom stereocenters. The highest BCUT2D eigenvalue weighted by Gasteiger charge is 2.19. The monoisotopic (exact) mass is 381 g/mol. The minimum Gasteiger partial charge on any atom is -0.367 e. The fraction of sp³-hybridized carbons (Fsp3) is 0.316. The zero-order valence-corrected chi connectivity index (χ0v) is 16.0. The first-order chi connectivity index (χ1) is 11.3. The quantitative estimate of drug-likeness (QED) is 0.802. The Balaban J connectivity index is 0.00000156. The first-order valence-corrected chi connectivity index (χ1v) is 8.13. The van der Waals surface area contributed by atoms with E-state index in [1.54, 1.807) is 0 Å². The highest BCUT2D eigenvalue weighted by Crippen LogP contribution is 2.30. The van der Waals surface area contributed by atoms with Crippen LogP contribution in [0.25, 0.3) is 0 Å². The second-order valence-corrected chi connectivity index (χ2v) is 5.86. The van der Waals surface area contributed by atoms with Crippen molar-refractivity contribution in [2.45, 2.75) is 19.4 Å². The van der Waals surface area contributed by atoms with Crippen LogP contribution in [0.4, 0.5) is 11.4 Å². The molecule has 1 amide bonds. The Morgan fingerprint density at radius 3 is 2.60 bits per heavy atom. The molecule has 0 saturated carbocycles. The number of fused-ring (bicyclic) bond motifs is 1. The Morgan fingerprint density at radius 1 is 1.08 bits per heavy atom. The highest BCUT2D eigenvalue weighted by molar-refractivity contribution is 5.91. The number of carbonyl (C=O) groups excluding carboxylic acids is 1. The van der Waals surface area contributed by atoms with Crippen LogP contribution < -0.4 is 15.5 Å². The van der Waals surface area contributed by atoms with E-state index in [1.165, 1.54) is 11.3 Å². The number of nitrogens with one attached hydrogen (secondary N) is 2. The Morgan fingerprint density at radius 2 is 1.80 bits per heavy atom. The number of amides is 1. The first kappa shape index (κ1) is 21.3. The van der Waals surface area contributed by atoms with E-state index in [0.29, 0.717) is 13.0 Å². The van der Waals surface area contributed by atoms with Crippen molar-refractivity contribution in [1.82, 2.24) is 5.32 Å². The van der Waals surface area contributed by atoms with Crippen molar-refractivity contribution in [1.29, 1.82) is 0 Å². The van der Waals surface area contributed by atoms with Gasteiger partial charge in [0, 0.05) is 37.4 Å². The molecule has 0 aliphatic carbocycles. The summed E-state index contributed by atoms with van der Waals surface area (Å²) < 4.78 is 0. The van der Waals surface area contributed by atoms with E-state index in [1.807, 2.05) is 25.2 Å². The normalized spacial score (nSPS) is 12.0. The second-order valence-electron chi connectivity index (χ2n) is 5.86. The number of anilines is 2. The molecule has 2 aromatic rings. The molecule has 2 aromatic carbocycles. The maximum Gasteiger partial charge on any atom is 0.225 e. The number of hydrogen-bond donors (Lipinski definition) is 2. The molecular weight excluding hydrogens is 357 g/mol. The molecule has 1 aliphatic heterocycles. The molecule has 25 heavy (non-hydrogen) atoms. The molecule has 1 aliphatic rings. The Labute approximate surface area is 161 Å². The van der Waals surface area contributed by atoms with Crippen molar-refractivity contribution in [3.05, 3.63) is 59.7 Å². The van der Waals surface area contributed by atoms with Crippen molar-refractivity contribution >= 4 is 42.1 Å². The van der Waals surface area contributed by atoms with Crippen LogP contribution in [0.15, 0.2) is 48.5 Å². The maximum atomic E-state index is 12.0. The van der Waals surface area contributed by atoms with Gasteiger partial charge in [0.25, 0.3) is 0 Å². The first-order valence-electron chi connectivity index (χ1n) is 8.13. The van der Waals surface area contributed by atoms with Crippen LogP contribution >= 0.6 is 24.8 Å². The van der Waals surface area contributed by atoms with Gasteiger partial charge in [-0.1, -0.05) is 36.4 Å². The largest absolute Gasteiger partial charge is 0.367 e. The van der Waals surface area contributed by atoms with E-state index in [4.69, 9.17) is 0 Å². The van der Waals surface area contributed by atoms with Crippen molar-refractivity contribution in [2.75, 3.05) is 30.4 Å². The number of benzene rings is 2. The van der Waals surface area contributed by atoms with Gasteiger partial charge in [0.05, 0.1) is 0 Å². The lowest BCUT2D eigenvalue weighted by molar-refractivity contribution is -0.116. The predicted octanol–water partition coefficient (Wildman–Crippen LogP) is 3.64. The molecule has 2 N–H and O–H groups in total. The van der Waals surface area contributed by atoms with Crippen LogP contribution in [0.2, 0.25) is 0 Å². The van der Waals surface area contributed by atoms with Crippen LogP contribution in [0, 0.1) is 0 Å². The van der Waals surface area contributed by atoms with Crippen molar-refractivity contribution in [3.8, 4) is 0 Å². The van der Waals surface area contributed by atoms with Gasteiger partial charge in [-0.05, 0) is 36.7 Å². The fourth-order valence-corrected chi connectivity index (χ4v) is 3.01. The van der Waals surface area contributed by atoms with Gasteiger partial charge in [-0.15, -0.1) is 24.8 Å². The third kappa shape index (κ3) is 5.36. The summed E-state index contributed by atoms with van der Waals surface area (Å²) in [4.78, 5) is 14.4. The number of hydrogen-bond acceptors (Lipinski definition) is 3. The van der Waals surface area contributed by atoms with E-state index < -0.39 is 0 Å². The van der Waals surface area contributed by atoms with Crippen molar-refractivity contribution in [3.63, 3.8) is 0 Å². The minimum atomic E-state index is 0. The second kappa shape index (κ2) is 10.3. The summed E-state index contributed by atoms with van der Waals surface area (Å²) in [7, 11) is 1.85. The molecule has 0 spiro atoms. The van der Waals surface area contributed by atoms with E-state index in [-0.39, 0.29) is 30.7 Å². The highest BCUT2D eigenvalue weighted by atomic mass is 35.5. The minimum absolute atomic E-state index is 0. The van der Waals surface area contributed by atoms with Gasteiger partial charge in [0.1, 0.15) is 0 Å². The standard InChI is InChI=1S/C19H23N3O.2ClH/c1-20-12-10-19(23)21-17-8-4-2-7-16(17)14-22-13-11-15-6-3-5-9-18(15)22;;/h2-9,20H,10-14H2,1H3,(H,21,23);2*1H. The third-order valence-electron chi connectivity index (χ3n) is 4.24. The molecular formula is C19H25Cl2N3O. The SMILES string of the molecule is CNCCC(=O)Nc1ccccc1CN1CCc2ccccc21.Cl.Cl. The zero-order valence-electron chi connectivity index (χ0n) is 14.3. The van der Waals surface area contributed by atoms with E-state index >= 15 is 0 Å². The third-order valence-corrected chi connectivity index (χ3v) is 4.24. The lowest BCUT2D eigenvalue weighted by Gasteiger charge is -2.21. The van der Waals surface area contributed by atoms with Crippen molar-refractivity contribution < 1.29 is 4.79 Å². The lowest BCUT2D eigenvalue weighted by Crippen LogP contribution is -2.22. The summed E-state index contributed by atoms with van der Waals surface area (Å²) in [6.07, 6.45) is 1.57. The number of halogens is 2. The van der Waals surface area contributed by atoms with Gasteiger partial charge in [-0.3, -0.25) is 4.79 Å². The van der Waals surface area contributed by atoms with E-state index in [9.17, 15) is 4.79 Å². The predicted molar refractivity (Wildman–Crippen MR) is 109 cm³/mol. The summed E-state index contributed by atoms with van der Waals surface area (Å²) in [5.41, 5.74) is 4.78. The van der Waals surface area contributed by atoms with Crippen molar-refractivity contribution in [2.24, 2.45) is 0 Å². The topological polar surface area (TPSA) is 44.4 Å². The number of rotatable bonds is 6. The molecule has 1 heterocycles. The molecule has 4 nitrogen and oxygen atoms in total. The molecule has 0 radical (unpaired) electrons. The smallest absolute Gasteiger partial charge is 0.225 e.